The van der Waals surface area contributed by atoms with E-state index in [1.54, 1.807) is 55.4 Å². The average Bonchev–Trinajstić information content (AvgIpc) is 3.83. The predicted molar refractivity (Wildman–Crippen MR) is 165 cm³/mol. The van der Waals surface area contributed by atoms with Gasteiger partial charge in [0.1, 0.15) is 29.3 Å². The van der Waals surface area contributed by atoms with Gasteiger partial charge in [0.25, 0.3) is 5.91 Å². The number of nitrogens with one attached hydrogen (secondary N) is 3. The minimum absolute atomic E-state index is 0.0787. The average molecular weight is 656 g/mol. The Hall–Kier alpha value is -3.36. The molecule has 3 fully saturated rings. The number of carbonyl (C=O) groups is 5. The number of alkyl carbamates (subject to hydrolysis) is 1. The van der Waals surface area contributed by atoms with Crippen LogP contribution in [0.3, 0.4) is 0 Å². The van der Waals surface area contributed by atoms with Gasteiger partial charge in [0, 0.05) is 25.4 Å². The van der Waals surface area contributed by atoms with Crippen LogP contribution in [0.15, 0.2) is 12.7 Å². The van der Waals surface area contributed by atoms with Crippen LogP contribution < -0.4 is 15.4 Å². The monoisotopic (exact) mass is 655 g/mol. The Kier molecular flexibility index (Phi) is 10.6. The molecule has 2 unspecified atom stereocenters. The SMILES string of the molecule is C=CC1CC1(NC(=O)[C@@H]1C[C@@H](OC(=O)N(CC)CC)CN1C(=O)[C@@H](NC(=O)OC(C)(C)C)C(C)(C)C)C(=O)NS(=O)(=O)C1CC1. The molecule has 3 aliphatic rings. The first-order valence-electron chi connectivity index (χ1n) is 15.4. The van der Waals surface area contributed by atoms with E-state index in [1.165, 1.54) is 15.9 Å². The van der Waals surface area contributed by atoms with Crippen molar-refractivity contribution in [3.63, 3.8) is 0 Å². The molecule has 0 radical (unpaired) electrons. The van der Waals surface area contributed by atoms with Gasteiger partial charge in [-0.15, -0.1) is 6.58 Å². The topological polar surface area (TPSA) is 181 Å². The molecule has 0 aromatic carbocycles. The lowest BCUT2D eigenvalue weighted by Crippen LogP contribution is -2.60. The molecule has 5 amide bonds. The summed E-state index contributed by atoms with van der Waals surface area (Å²) in [4.78, 5) is 69.6. The van der Waals surface area contributed by atoms with E-state index in [-0.39, 0.29) is 19.4 Å². The first-order valence-corrected chi connectivity index (χ1v) is 17.0. The maximum atomic E-state index is 14.1. The van der Waals surface area contributed by atoms with Crippen molar-refractivity contribution in [3.05, 3.63) is 12.7 Å². The summed E-state index contributed by atoms with van der Waals surface area (Å²) in [6.45, 7) is 18.2. The fraction of sp³-hybridized carbons (Fsp3) is 0.767. The molecule has 3 rings (SSSR count). The summed E-state index contributed by atoms with van der Waals surface area (Å²) in [5, 5.41) is 4.69. The zero-order valence-corrected chi connectivity index (χ0v) is 28.4. The molecule has 0 spiro atoms. The van der Waals surface area contributed by atoms with Gasteiger partial charge in [-0.3, -0.25) is 19.1 Å². The number of likely N-dealkylation sites (tertiary alicyclic amines) is 1. The minimum Gasteiger partial charge on any atom is -0.444 e. The van der Waals surface area contributed by atoms with Crippen molar-refractivity contribution in [1.29, 1.82) is 0 Å². The molecule has 0 aromatic heterocycles. The van der Waals surface area contributed by atoms with Crippen LogP contribution in [-0.2, 0) is 33.9 Å². The van der Waals surface area contributed by atoms with Gasteiger partial charge in [-0.2, -0.15) is 0 Å². The molecule has 14 nitrogen and oxygen atoms in total. The van der Waals surface area contributed by atoms with Crippen molar-refractivity contribution in [2.24, 2.45) is 11.3 Å². The minimum atomic E-state index is -3.89. The molecule has 1 aliphatic heterocycles. The molecule has 1 heterocycles. The highest BCUT2D eigenvalue weighted by Gasteiger charge is 2.62. The summed E-state index contributed by atoms with van der Waals surface area (Å²) in [6.07, 6.45) is 0.126. The van der Waals surface area contributed by atoms with E-state index < -0.39 is 85.8 Å². The third-order valence-electron chi connectivity index (χ3n) is 8.16. The number of nitrogens with zero attached hydrogens (tertiary/aromatic N) is 2. The maximum Gasteiger partial charge on any atom is 0.410 e. The summed E-state index contributed by atoms with van der Waals surface area (Å²) < 4.78 is 38.2. The van der Waals surface area contributed by atoms with Crippen LogP contribution in [-0.4, -0.2) is 102 Å². The molecule has 254 valence electrons. The second-order valence-corrected chi connectivity index (χ2v) is 16.0. The number of rotatable bonds is 11. The number of carbonyl (C=O) groups excluding carboxylic acids is 5. The largest absolute Gasteiger partial charge is 0.444 e. The lowest BCUT2D eigenvalue weighted by molar-refractivity contribution is -0.143. The number of sulfonamides is 1. The second kappa shape index (κ2) is 13.2. The van der Waals surface area contributed by atoms with Crippen LogP contribution >= 0.6 is 0 Å². The van der Waals surface area contributed by atoms with E-state index in [4.69, 9.17) is 9.47 Å². The van der Waals surface area contributed by atoms with Crippen molar-refractivity contribution in [2.75, 3.05) is 19.6 Å². The van der Waals surface area contributed by atoms with Gasteiger partial charge < -0.3 is 29.9 Å². The van der Waals surface area contributed by atoms with Gasteiger partial charge in [-0.1, -0.05) is 26.8 Å². The lowest BCUT2D eigenvalue weighted by Gasteiger charge is -2.36. The van der Waals surface area contributed by atoms with E-state index in [2.05, 4.69) is 21.9 Å². The summed E-state index contributed by atoms with van der Waals surface area (Å²) in [7, 11) is -3.89. The third kappa shape index (κ3) is 8.67. The van der Waals surface area contributed by atoms with Crippen LogP contribution in [0.5, 0.6) is 0 Å². The Bertz CT molecular complexity index is 1300. The van der Waals surface area contributed by atoms with E-state index in [0.717, 1.165) is 0 Å². The van der Waals surface area contributed by atoms with Crippen LogP contribution in [0, 0.1) is 11.3 Å². The van der Waals surface area contributed by atoms with Crippen LogP contribution in [0.1, 0.15) is 81.1 Å². The Morgan fingerprint density at radius 3 is 2.13 bits per heavy atom. The molecule has 2 aliphatic carbocycles. The van der Waals surface area contributed by atoms with E-state index >= 15 is 0 Å². The highest BCUT2D eigenvalue weighted by molar-refractivity contribution is 7.91. The van der Waals surface area contributed by atoms with E-state index in [0.29, 0.717) is 25.9 Å². The zero-order chi connectivity index (χ0) is 34.1. The lowest BCUT2D eigenvalue weighted by atomic mass is 9.85. The van der Waals surface area contributed by atoms with Gasteiger partial charge in [-0.05, 0) is 59.3 Å². The molecule has 45 heavy (non-hydrogen) atoms. The van der Waals surface area contributed by atoms with Gasteiger partial charge in [-0.25, -0.2) is 18.0 Å². The van der Waals surface area contributed by atoms with Gasteiger partial charge >= 0.3 is 12.2 Å². The van der Waals surface area contributed by atoms with Crippen molar-refractivity contribution < 1.29 is 41.9 Å². The Morgan fingerprint density at radius 2 is 1.67 bits per heavy atom. The summed E-state index contributed by atoms with van der Waals surface area (Å²) >= 11 is 0. The summed E-state index contributed by atoms with van der Waals surface area (Å²) in [5.41, 5.74) is -3.22. The first-order chi connectivity index (χ1) is 20.7. The molecular formula is C30H49N5O9S. The van der Waals surface area contributed by atoms with E-state index in [1.807, 2.05) is 0 Å². The van der Waals surface area contributed by atoms with Crippen molar-refractivity contribution in [1.82, 2.24) is 25.2 Å². The highest BCUT2D eigenvalue weighted by Crippen LogP contribution is 2.45. The molecule has 0 aromatic rings. The van der Waals surface area contributed by atoms with Crippen molar-refractivity contribution in [2.45, 2.75) is 116 Å². The fourth-order valence-corrected chi connectivity index (χ4v) is 6.70. The van der Waals surface area contributed by atoms with E-state index in [9.17, 15) is 32.4 Å². The number of ether oxygens (including phenoxy) is 2. The van der Waals surface area contributed by atoms with Crippen LogP contribution in [0.2, 0.25) is 0 Å². The summed E-state index contributed by atoms with van der Waals surface area (Å²) in [6, 6.07) is -2.34. The summed E-state index contributed by atoms with van der Waals surface area (Å²) in [5.74, 6) is -2.74. The number of hydrogen-bond donors (Lipinski definition) is 3. The Balaban J connectivity index is 1.90. The number of hydrogen-bond acceptors (Lipinski definition) is 9. The van der Waals surface area contributed by atoms with Crippen molar-refractivity contribution in [3.8, 4) is 0 Å². The molecule has 15 heteroatoms. The van der Waals surface area contributed by atoms with Gasteiger partial charge in [0.2, 0.25) is 21.8 Å². The van der Waals surface area contributed by atoms with Gasteiger partial charge in [0.15, 0.2) is 0 Å². The Labute approximate surface area is 266 Å². The van der Waals surface area contributed by atoms with Crippen molar-refractivity contribution >= 4 is 39.9 Å². The highest BCUT2D eigenvalue weighted by atomic mass is 32.2. The van der Waals surface area contributed by atoms with Crippen LogP contribution in [0.4, 0.5) is 9.59 Å². The second-order valence-electron chi connectivity index (χ2n) is 14.0. The molecule has 3 N–H and O–H groups in total. The molecule has 0 bridgehead atoms. The smallest absolute Gasteiger partial charge is 0.410 e. The zero-order valence-electron chi connectivity index (χ0n) is 27.6. The standard InChI is InChI=1S/C30H49N5O9S/c1-10-18-16-30(18,25(38)33-45(41,42)20-13-14-20)32-23(36)21-15-19(43-27(40)34(11-2)12-3)17-35(21)24(37)22(28(4,5)6)31-26(39)44-29(7,8)9/h10,18-22H,1,11-17H2,2-9H3,(H,31,39)(H,32,36)(H,33,38)/t18?,19-,21+,22-,30?/m1/s1. The van der Waals surface area contributed by atoms with Gasteiger partial charge in [0.05, 0.1) is 11.8 Å². The molecule has 5 atom stereocenters. The fourth-order valence-electron chi connectivity index (χ4n) is 5.33. The predicted octanol–water partition coefficient (Wildman–Crippen LogP) is 2.04. The third-order valence-corrected chi connectivity index (χ3v) is 9.98. The molecule has 2 saturated carbocycles. The number of amides is 5. The first kappa shape index (κ1) is 36.1. The molecular weight excluding hydrogens is 606 g/mol. The maximum absolute atomic E-state index is 14.1. The Morgan fingerprint density at radius 1 is 1.07 bits per heavy atom. The van der Waals surface area contributed by atoms with Crippen LogP contribution in [0.25, 0.3) is 0 Å². The quantitative estimate of drug-likeness (QED) is 0.281. The normalized spacial score (nSPS) is 25.4. The molecule has 1 saturated heterocycles.